The summed E-state index contributed by atoms with van der Waals surface area (Å²) >= 11 is 0. The van der Waals surface area contributed by atoms with E-state index in [2.05, 4.69) is 0 Å². The molecule has 0 saturated heterocycles. The van der Waals surface area contributed by atoms with E-state index in [-0.39, 0.29) is 17.4 Å². The van der Waals surface area contributed by atoms with E-state index in [4.69, 9.17) is 9.47 Å². The van der Waals surface area contributed by atoms with Crippen molar-refractivity contribution in [1.82, 2.24) is 0 Å². The summed E-state index contributed by atoms with van der Waals surface area (Å²) in [7, 11) is 3.08. The second kappa shape index (κ2) is 10.1. The van der Waals surface area contributed by atoms with Gasteiger partial charge in [0.1, 0.15) is 23.1 Å². The Morgan fingerprint density at radius 2 is 1.29 bits per heavy atom. The molecule has 0 heterocycles. The number of carbonyl (C=O) groups is 1. The minimum atomic E-state index is -0.377. The molecule has 0 saturated carbocycles. The number of allylic oxidation sites excluding steroid dienone is 1. The molecule has 4 aromatic rings. The van der Waals surface area contributed by atoms with Crippen molar-refractivity contribution < 1.29 is 23.0 Å². The van der Waals surface area contributed by atoms with Crippen LogP contribution in [0, 0.1) is 11.6 Å². The van der Waals surface area contributed by atoms with Gasteiger partial charge in [-0.2, -0.15) is 0 Å². The summed E-state index contributed by atoms with van der Waals surface area (Å²) in [5.41, 5.74) is 3.93. The van der Waals surface area contributed by atoms with Crippen LogP contribution < -0.4 is 9.47 Å². The molecule has 0 unspecified atom stereocenters. The van der Waals surface area contributed by atoms with Gasteiger partial charge in [0.05, 0.1) is 19.8 Å². The Morgan fingerprint density at radius 3 is 1.85 bits per heavy atom. The number of methoxy groups -OCH3 is 2. The summed E-state index contributed by atoms with van der Waals surface area (Å²) in [6.45, 7) is 0. The molecule has 34 heavy (non-hydrogen) atoms. The molecular formula is C29H22F2O3. The van der Waals surface area contributed by atoms with Gasteiger partial charge < -0.3 is 9.47 Å². The molecular weight excluding hydrogens is 434 g/mol. The summed E-state index contributed by atoms with van der Waals surface area (Å²) in [6.07, 6.45) is 3.19. The molecule has 4 aromatic carbocycles. The number of hydrogen-bond acceptors (Lipinski definition) is 3. The third-order valence-electron chi connectivity index (χ3n) is 5.44. The number of hydrogen-bond donors (Lipinski definition) is 0. The van der Waals surface area contributed by atoms with Gasteiger partial charge in [-0.25, -0.2) is 8.78 Å². The second-order valence-electron chi connectivity index (χ2n) is 7.59. The van der Waals surface area contributed by atoms with Gasteiger partial charge in [0, 0.05) is 0 Å². The van der Waals surface area contributed by atoms with Crippen LogP contribution in [0.15, 0.2) is 91.0 Å². The van der Waals surface area contributed by atoms with E-state index in [1.165, 1.54) is 37.5 Å². The zero-order valence-electron chi connectivity index (χ0n) is 18.7. The van der Waals surface area contributed by atoms with Crippen LogP contribution in [0.5, 0.6) is 11.5 Å². The van der Waals surface area contributed by atoms with Crippen LogP contribution in [-0.4, -0.2) is 20.0 Å². The van der Waals surface area contributed by atoms with Crippen LogP contribution in [0.3, 0.4) is 0 Å². The number of halogens is 2. The molecule has 0 N–H and O–H groups in total. The maximum Gasteiger partial charge on any atom is 0.190 e. The highest BCUT2D eigenvalue weighted by molar-refractivity contribution is 6.13. The zero-order chi connectivity index (χ0) is 24.1. The minimum absolute atomic E-state index is 0.266. The predicted molar refractivity (Wildman–Crippen MR) is 130 cm³/mol. The lowest BCUT2D eigenvalue weighted by Gasteiger charge is -2.15. The minimum Gasteiger partial charge on any atom is -0.497 e. The van der Waals surface area contributed by atoms with Gasteiger partial charge in [-0.3, -0.25) is 4.79 Å². The zero-order valence-corrected chi connectivity index (χ0v) is 18.7. The van der Waals surface area contributed by atoms with Crippen molar-refractivity contribution in [2.75, 3.05) is 14.2 Å². The third-order valence-corrected chi connectivity index (χ3v) is 5.44. The summed E-state index contributed by atoms with van der Waals surface area (Å²) in [6, 6.07) is 22.9. The number of ether oxygens (including phenoxy) is 2. The Bertz CT molecular complexity index is 1320. The summed E-state index contributed by atoms with van der Waals surface area (Å²) in [5.74, 6) is 0.103. The van der Waals surface area contributed by atoms with Gasteiger partial charge in [-0.15, -0.1) is 0 Å². The molecule has 0 aliphatic carbocycles. The fraction of sp³-hybridized carbons (Fsp3) is 0.0690. The first-order chi connectivity index (χ1) is 16.5. The fourth-order valence-electron chi connectivity index (χ4n) is 3.67. The van der Waals surface area contributed by atoms with Crippen LogP contribution >= 0.6 is 0 Å². The molecule has 0 spiro atoms. The molecule has 0 aliphatic rings. The van der Waals surface area contributed by atoms with E-state index in [0.29, 0.717) is 22.4 Å². The molecule has 0 aliphatic heterocycles. The summed E-state index contributed by atoms with van der Waals surface area (Å²) in [4.78, 5) is 13.4. The lowest BCUT2D eigenvalue weighted by molar-refractivity contribution is 0.104. The first-order valence-corrected chi connectivity index (χ1v) is 10.6. The van der Waals surface area contributed by atoms with Crippen molar-refractivity contribution >= 4 is 11.9 Å². The van der Waals surface area contributed by atoms with Gasteiger partial charge in [0.15, 0.2) is 5.78 Å². The van der Waals surface area contributed by atoms with Crippen LogP contribution in [-0.2, 0) is 0 Å². The first-order valence-electron chi connectivity index (χ1n) is 10.6. The van der Waals surface area contributed by atoms with Crippen LogP contribution in [0.1, 0.15) is 15.9 Å². The van der Waals surface area contributed by atoms with Gasteiger partial charge in [0.25, 0.3) is 0 Å². The van der Waals surface area contributed by atoms with Gasteiger partial charge in [-0.1, -0.05) is 42.5 Å². The lowest BCUT2D eigenvalue weighted by atomic mass is 9.91. The van der Waals surface area contributed by atoms with Gasteiger partial charge in [-0.05, 0) is 82.4 Å². The number of carbonyl (C=O) groups excluding carboxylic acids is 1. The van der Waals surface area contributed by atoms with Gasteiger partial charge in [0.2, 0.25) is 0 Å². The van der Waals surface area contributed by atoms with Crippen molar-refractivity contribution in [2.45, 2.75) is 0 Å². The maximum atomic E-state index is 13.6. The number of benzene rings is 4. The topological polar surface area (TPSA) is 35.5 Å². The highest BCUT2D eigenvalue weighted by Crippen LogP contribution is 2.37. The van der Waals surface area contributed by atoms with Gasteiger partial charge >= 0.3 is 0 Å². The Kier molecular flexibility index (Phi) is 6.83. The number of rotatable bonds is 7. The van der Waals surface area contributed by atoms with Crippen molar-refractivity contribution in [2.24, 2.45) is 0 Å². The standard InChI is InChI=1S/C29H22F2O3/c1-33-25-14-3-19(4-15-25)5-16-27(32)29-26(21-8-12-24(31)13-9-21)17-22(18-28(29)34-2)20-6-10-23(30)11-7-20/h3-18H,1-2H3/b16-5+. The van der Waals surface area contributed by atoms with Crippen LogP contribution in [0.25, 0.3) is 28.3 Å². The van der Waals surface area contributed by atoms with Crippen molar-refractivity contribution in [3.63, 3.8) is 0 Å². The second-order valence-corrected chi connectivity index (χ2v) is 7.59. The molecule has 0 atom stereocenters. The highest BCUT2D eigenvalue weighted by atomic mass is 19.1. The quantitative estimate of drug-likeness (QED) is 0.218. The molecule has 0 radical (unpaired) electrons. The normalized spacial score (nSPS) is 10.9. The third kappa shape index (κ3) is 5.04. The van der Waals surface area contributed by atoms with Crippen molar-refractivity contribution in [1.29, 1.82) is 0 Å². The van der Waals surface area contributed by atoms with E-state index in [9.17, 15) is 13.6 Å². The van der Waals surface area contributed by atoms with E-state index < -0.39 is 0 Å². The highest BCUT2D eigenvalue weighted by Gasteiger charge is 2.19. The van der Waals surface area contributed by atoms with Crippen molar-refractivity contribution in [3.05, 3.63) is 114 Å². The molecule has 0 bridgehead atoms. The summed E-state index contributed by atoms with van der Waals surface area (Å²) in [5, 5.41) is 0. The van der Waals surface area contributed by atoms with E-state index >= 15 is 0 Å². The Morgan fingerprint density at radius 1 is 0.706 bits per heavy atom. The molecule has 0 fully saturated rings. The largest absolute Gasteiger partial charge is 0.497 e. The SMILES string of the molecule is COc1ccc(/C=C/C(=O)c2c(OC)cc(-c3ccc(F)cc3)cc2-c2ccc(F)cc2)cc1. The summed E-state index contributed by atoms with van der Waals surface area (Å²) < 4.78 is 37.8. The van der Waals surface area contributed by atoms with E-state index in [0.717, 1.165) is 22.4 Å². The Hall–Kier alpha value is -4.25. The molecule has 3 nitrogen and oxygen atoms in total. The average molecular weight is 456 g/mol. The molecule has 0 aromatic heterocycles. The molecule has 4 rings (SSSR count). The Balaban J connectivity index is 1.82. The average Bonchev–Trinajstić information content (AvgIpc) is 2.87. The Labute approximate surface area is 196 Å². The van der Waals surface area contributed by atoms with Crippen LogP contribution in [0.2, 0.25) is 0 Å². The fourth-order valence-corrected chi connectivity index (χ4v) is 3.67. The maximum absolute atomic E-state index is 13.6. The van der Waals surface area contributed by atoms with E-state index in [1.807, 2.05) is 30.3 Å². The first kappa shape index (κ1) is 22.9. The smallest absolute Gasteiger partial charge is 0.190 e. The molecule has 0 amide bonds. The number of ketones is 1. The van der Waals surface area contributed by atoms with Crippen LogP contribution in [0.4, 0.5) is 8.78 Å². The van der Waals surface area contributed by atoms with E-state index in [1.54, 1.807) is 43.5 Å². The molecule has 5 heteroatoms. The monoisotopic (exact) mass is 456 g/mol. The predicted octanol–water partition coefficient (Wildman–Crippen LogP) is 7.21. The lowest BCUT2D eigenvalue weighted by Crippen LogP contribution is -2.03. The van der Waals surface area contributed by atoms with Crippen molar-refractivity contribution in [3.8, 4) is 33.8 Å². The molecule has 170 valence electrons.